The minimum atomic E-state index is -0.174. The highest BCUT2D eigenvalue weighted by Gasteiger charge is 2.24. The van der Waals surface area contributed by atoms with Crippen molar-refractivity contribution in [3.05, 3.63) is 59.4 Å². The first-order valence-corrected chi connectivity index (χ1v) is 9.20. The summed E-state index contributed by atoms with van der Waals surface area (Å²) in [5.74, 6) is 0.723. The number of likely N-dealkylation sites (tertiary alicyclic amines) is 1. The summed E-state index contributed by atoms with van der Waals surface area (Å²) in [6.07, 6.45) is 3.42. The molecule has 2 aromatic rings. The summed E-state index contributed by atoms with van der Waals surface area (Å²) in [5.41, 5.74) is 2.33. The van der Waals surface area contributed by atoms with E-state index in [2.05, 4.69) is 10.3 Å². The normalized spacial score (nSPS) is 17.3. The third-order valence-electron chi connectivity index (χ3n) is 4.87. The molecule has 1 aliphatic heterocycles. The van der Waals surface area contributed by atoms with Gasteiger partial charge < -0.3 is 15.0 Å². The molecule has 27 heavy (non-hydrogen) atoms. The van der Waals surface area contributed by atoms with E-state index < -0.39 is 0 Å². The molecule has 1 unspecified atom stereocenters. The van der Waals surface area contributed by atoms with Crippen LogP contribution in [0.3, 0.4) is 0 Å². The van der Waals surface area contributed by atoms with Crippen molar-refractivity contribution in [1.82, 2.24) is 15.2 Å². The Hall–Kier alpha value is -2.89. The summed E-state index contributed by atoms with van der Waals surface area (Å²) in [7, 11) is 1.63. The molecule has 0 radical (unpaired) electrons. The van der Waals surface area contributed by atoms with Gasteiger partial charge in [0, 0.05) is 31.7 Å². The van der Waals surface area contributed by atoms with Gasteiger partial charge in [0.05, 0.1) is 7.11 Å². The molecule has 2 amide bonds. The monoisotopic (exact) mass is 367 g/mol. The van der Waals surface area contributed by atoms with Gasteiger partial charge in [0.15, 0.2) is 0 Å². The van der Waals surface area contributed by atoms with Crippen molar-refractivity contribution in [2.45, 2.75) is 38.8 Å². The second kappa shape index (κ2) is 8.66. The first kappa shape index (κ1) is 18.9. The van der Waals surface area contributed by atoms with Gasteiger partial charge in [-0.15, -0.1) is 0 Å². The number of carbonyl (C=O) groups excluding carboxylic acids is 2. The lowest BCUT2D eigenvalue weighted by atomic mass is 10.1. The van der Waals surface area contributed by atoms with Crippen molar-refractivity contribution < 1.29 is 14.3 Å². The van der Waals surface area contributed by atoms with Gasteiger partial charge in [-0.25, -0.2) is 0 Å². The number of benzene rings is 1. The first-order chi connectivity index (χ1) is 13.1. The van der Waals surface area contributed by atoms with Gasteiger partial charge in [-0.05, 0) is 49.1 Å². The molecule has 1 fully saturated rings. The minimum absolute atomic E-state index is 0.0295. The zero-order valence-electron chi connectivity index (χ0n) is 15.8. The summed E-state index contributed by atoms with van der Waals surface area (Å²) in [5, 5.41) is 3.04. The molecule has 1 aromatic carbocycles. The lowest BCUT2D eigenvalue weighted by Gasteiger charge is -2.21. The van der Waals surface area contributed by atoms with Gasteiger partial charge in [-0.2, -0.15) is 0 Å². The summed E-state index contributed by atoms with van der Waals surface area (Å²) < 4.78 is 5.25. The number of ether oxygens (including phenoxy) is 1. The molecule has 0 saturated carbocycles. The third kappa shape index (κ3) is 4.84. The van der Waals surface area contributed by atoms with Gasteiger partial charge in [-0.3, -0.25) is 14.6 Å². The number of nitrogens with one attached hydrogen (secondary N) is 1. The Morgan fingerprint density at radius 2 is 2.15 bits per heavy atom. The smallest absolute Gasteiger partial charge is 0.270 e. The average molecular weight is 367 g/mol. The zero-order chi connectivity index (χ0) is 19.2. The van der Waals surface area contributed by atoms with Gasteiger partial charge in [-0.1, -0.05) is 18.2 Å². The predicted molar refractivity (Wildman–Crippen MR) is 102 cm³/mol. The second-order valence-electron chi connectivity index (χ2n) is 6.83. The van der Waals surface area contributed by atoms with Crippen molar-refractivity contribution in [3.63, 3.8) is 0 Å². The maximum absolute atomic E-state index is 12.5. The quantitative estimate of drug-likeness (QED) is 0.882. The lowest BCUT2D eigenvalue weighted by molar-refractivity contribution is -0.131. The van der Waals surface area contributed by atoms with Crippen LogP contribution in [0.4, 0.5) is 0 Å². The average Bonchev–Trinajstić information content (AvgIpc) is 2.84. The molecule has 0 spiro atoms. The van der Waals surface area contributed by atoms with Gasteiger partial charge in [0.2, 0.25) is 5.91 Å². The number of aromatic nitrogens is 1. The van der Waals surface area contributed by atoms with Crippen LogP contribution in [0.5, 0.6) is 5.75 Å². The highest BCUT2D eigenvalue weighted by Crippen LogP contribution is 2.18. The molecule has 6 heteroatoms. The van der Waals surface area contributed by atoms with E-state index in [9.17, 15) is 9.59 Å². The van der Waals surface area contributed by atoms with Crippen molar-refractivity contribution in [2.24, 2.45) is 0 Å². The highest BCUT2D eigenvalue weighted by molar-refractivity contribution is 5.93. The van der Waals surface area contributed by atoms with Crippen LogP contribution >= 0.6 is 0 Å². The second-order valence-corrected chi connectivity index (χ2v) is 6.83. The van der Waals surface area contributed by atoms with E-state index in [1.807, 2.05) is 48.2 Å². The topological polar surface area (TPSA) is 71.5 Å². The number of hydrogen-bond acceptors (Lipinski definition) is 4. The fourth-order valence-electron chi connectivity index (χ4n) is 3.32. The number of carbonyl (C=O) groups is 2. The van der Waals surface area contributed by atoms with Crippen molar-refractivity contribution in [1.29, 1.82) is 0 Å². The largest absolute Gasteiger partial charge is 0.497 e. The molecule has 1 aromatic heterocycles. The van der Waals surface area contributed by atoms with Crippen LogP contribution in [-0.4, -0.2) is 41.4 Å². The molecule has 0 aliphatic carbocycles. The summed E-state index contributed by atoms with van der Waals surface area (Å²) in [6, 6.07) is 11.4. The minimum Gasteiger partial charge on any atom is -0.497 e. The van der Waals surface area contributed by atoms with E-state index in [1.54, 1.807) is 13.3 Å². The van der Waals surface area contributed by atoms with Crippen LogP contribution in [0.25, 0.3) is 0 Å². The molecular formula is C21H25N3O3. The SMILES string of the molecule is COc1cccc(CN2CCC(NC(=O)c3ncccc3C)CCC2=O)c1. The Balaban J connectivity index is 1.61. The summed E-state index contributed by atoms with van der Waals surface area (Å²) in [6.45, 7) is 3.03. The summed E-state index contributed by atoms with van der Waals surface area (Å²) >= 11 is 0. The third-order valence-corrected chi connectivity index (χ3v) is 4.87. The molecule has 1 saturated heterocycles. The Labute approximate surface area is 159 Å². The molecule has 0 bridgehead atoms. The number of pyridine rings is 1. The lowest BCUT2D eigenvalue weighted by Crippen LogP contribution is -2.36. The Bertz CT molecular complexity index is 822. The number of methoxy groups -OCH3 is 1. The number of aryl methyl sites for hydroxylation is 1. The van der Waals surface area contributed by atoms with Gasteiger partial charge in [0.1, 0.15) is 11.4 Å². The number of nitrogens with zero attached hydrogens (tertiary/aromatic N) is 2. The van der Waals surface area contributed by atoms with E-state index in [0.717, 1.165) is 23.3 Å². The summed E-state index contributed by atoms with van der Waals surface area (Å²) in [4.78, 5) is 31.0. The maximum Gasteiger partial charge on any atom is 0.270 e. The van der Waals surface area contributed by atoms with Gasteiger partial charge in [0.25, 0.3) is 5.91 Å². The zero-order valence-corrected chi connectivity index (χ0v) is 15.8. The van der Waals surface area contributed by atoms with Crippen LogP contribution in [0.2, 0.25) is 0 Å². The van der Waals surface area contributed by atoms with Crippen LogP contribution in [0.1, 0.15) is 40.9 Å². The van der Waals surface area contributed by atoms with Crippen molar-refractivity contribution in [3.8, 4) is 5.75 Å². The van der Waals surface area contributed by atoms with Crippen LogP contribution in [0, 0.1) is 6.92 Å². The van der Waals surface area contributed by atoms with E-state index in [-0.39, 0.29) is 17.9 Å². The Morgan fingerprint density at radius 3 is 2.93 bits per heavy atom. The molecule has 1 aliphatic rings. The van der Waals surface area contributed by atoms with E-state index >= 15 is 0 Å². The van der Waals surface area contributed by atoms with E-state index in [1.165, 1.54) is 0 Å². The van der Waals surface area contributed by atoms with Gasteiger partial charge >= 0.3 is 0 Å². The fraction of sp³-hybridized carbons (Fsp3) is 0.381. The first-order valence-electron chi connectivity index (χ1n) is 9.20. The van der Waals surface area contributed by atoms with Crippen molar-refractivity contribution >= 4 is 11.8 Å². The van der Waals surface area contributed by atoms with E-state index in [4.69, 9.17) is 4.74 Å². The maximum atomic E-state index is 12.5. The molecule has 6 nitrogen and oxygen atoms in total. The number of rotatable bonds is 5. The van der Waals surface area contributed by atoms with Crippen molar-refractivity contribution in [2.75, 3.05) is 13.7 Å². The van der Waals surface area contributed by atoms with Crippen LogP contribution in [-0.2, 0) is 11.3 Å². The highest BCUT2D eigenvalue weighted by atomic mass is 16.5. The number of amides is 2. The molecule has 2 heterocycles. The molecule has 1 N–H and O–H groups in total. The molecular weight excluding hydrogens is 342 g/mol. The number of hydrogen-bond donors (Lipinski definition) is 1. The Morgan fingerprint density at radius 1 is 1.30 bits per heavy atom. The fourth-order valence-corrected chi connectivity index (χ4v) is 3.32. The Kier molecular flexibility index (Phi) is 6.06. The molecule has 142 valence electrons. The molecule has 1 atom stereocenters. The van der Waals surface area contributed by atoms with Crippen LogP contribution in [0.15, 0.2) is 42.6 Å². The molecule has 3 rings (SSSR count). The van der Waals surface area contributed by atoms with Crippen LogP contribution < -0.4 is 10.1 Å². The standard InChI is InChI=1S/C21H25N3O3/c1-15-5-4-11-22-20(15)21(26)23-17-8-9-19(25)24(12-10-17)14-16-6-3-7-18(13-16)27-2/h3-7,11,13,17H,8-10,12,14H2,1-2H3,(H,23,26). The van der Waals surface area contributed by atoms with E-state index in [0.29, 0.717) is 31.6 Å². The predicted octanol–water partition coefficient (Wildman–Crippen LogP) is 2.71.